The van der Waals surface area contributed by atoms with Crippen LogP contribution < -0.4 is 10.1 Å². The minimum atomic E-state index is 0.492. The third-order valence-corrected chi connectivity index (χ3v) is 3.26. The number of H-pyrrole nitrogens is 1. The zero-order valence-corrected chi connectivity index (χ0v) is 10.5. The molecule has 0 bridgehead atoms. The summed E-state index contributed by atoms with van der Waals surface area (Å²) in [5.41, 5.74) is 1.31. The van der Waals surface area contributed by atoms with Gasteiger partial charge in [0.2, 0.25) is 11.8 Å². The van der Waals surface area contributed by atoms with Crippen LogP contribution in [0.15, 0.2) is 23.8 Å². The zero-order chi connectivity index (χ0) is 12.4. The van der Waals surface area contributed by atoms with Crippen molar-refractivity contribution in [3.8, 4) is 5.88 Å². The lowest BCUT2D eigenvalue weighted by molar-refractivity contribution is 0.301. The molecule has 0 unspecified atom stereocenters. The monoisotopic (exact) mass is 261 g/mol. The summed E-state index contributed by atoms with van der Waals surface area (Å²) >= 11 is 1.65. The van der Waals surface area contributed by atoms with Crippen molar-refractivity contribution in [1.82, 2.24) is 19.9 Å². The van der Waals surface area contributed by atoms with E-state index in [-0.39, 0.29) is 0 Å². The molecule has 0 atom stereocenters. The number of aromatic amines is 1. The van der Waals surface area contributed by atoms with Crippen molar-refractivity contribution in [2.24, 2.45) is 0 Å². The maximum Gasteiger partial charge on any atom is 0.245 e. The Bertz CT molecular complexity index is 649. The van der Waals surface area contributed by atoms with Gasteiger partial charge in [-0.2, -0.15) is 9.97 Å². The van der Waals surface area contributed by atoms with Crippen molar-refractivity contribution in [1.29, 1.82) is 0 Å². The second-order valence-electron chi connectivity index (χ2n) is 3.57. The molecule has 0 aliphatic carbocycles. The largest absolute Gasteiger partial charge is 0.470 e. The summed E-state index contributed by atoms with van der Waals surface area (Å²) in [4.78, 5) is 16.7. The van der Waals surface area contributed by atoms with Crippen LogP contribution in [0.3, 0.4) is 0 Å². The number of hydrogen-bond donors (Lipinski definition) is 2. The second-order valence-corrected chi connectivity index (χ2v) is 4.60. The van der Waals surface area contributed by atoms with Gasteiger partial charge in [-0.05, 0) is 11.4 Å². The van der Waals surface area contributed by atoms with Gasteiger partial charge in [-0.15, -0.1) is 11.3 Å². The van der Waals surface area contributed by atoms with E-state index >= 15 is 0 Å². The molecule has 3 heterocycles. The number of imidazole rings is 1. The summed E-state index contributed by atoms with van der Waals surface area (Å²) in [7, 11) is 1.76. The molecule has 0 saturated heterocycles. The molecule has 0 fully saturated rings. The Balaban J connectivity index is 1.92. The first kappa shape index (κ1) is 11.0. The summed E-state index contributed by atoms with van der Waals surface area (Å²) in [6, 6.07) is 4.02. The Kier molecular flexibility index (Phi) is 2.81. The van der Waals surface area contributed by atoms with Crippen LogP contribution in [0.1, 0.15) is 4.88 Å². The molecule has 6 nitrogen and oxygen atoms in total. The fraction of sp³-hybridized carbons (Fsp3) is 0.182. The van der Waals surface area contributed by atoms with Gasteiger partial charge in [0.25, 0.3) is 0 Å². The fourth-order valence-corrected chi connectivity index (χ4v) is 2.17. The molecule has 0 radical (unpaired) electrons. The average molecular weight is 261 g/mol. The molecule has 92 valence electrons. The lowest BCUT2D eigenvalue weighted by atomic mass is 10.5. The van der Waals surface area contributed by atoms with Gasteiger partial charge in [0.15, 0.2) is 5.65 Å². The van der Waals surface area contributed by atoms with Crippen molar-refractivity contribution < 1.29 is 4.74 Å². The Hall–Kier alpha value is -2.15. The van der Waals surface area contributed by atoms with Crippen LogP contribution in [0.4, 0.5) is 5.95 Å². The van der Waals surface area contributed by atoms with E-state index in [0.717, 1.165) is 4.88 Å². The van der Waals surface area contributed by atoms with Crippen molar-refractivity contribution in [3.63, 3.8) is 0 Å². The van der Waals surface area contributed by atoms with Crippen LogP contribution in [-0.4, -0.2) is 27.0 Å². The number of anilines is 1. The molecule has 0 aliphatic heterocycles. The normalized spacial score (nSPS) is 10.7. The van der Waals surface area contributed by atoms with Gasteiger partial charge in [0, 0.05) is 11.9 Å². The zero-order valence-electron chi connectivity index (χ0n) is 9.67. The highest BCUT2D eigenvalue weighted by atomic mass is 32.1. The number of ether oxygens (including phenoxy) is 1. The highest BCUT2D eigenvalue weighted by molar-refractivity contribution is 7.09. The lowest BCUT2D eigenvalue weighted by Crippen LogP contribution is -2.02. The van der Waals surface area contributed by atoms with Crippen LogP contribution in [-0.2, 0) is 6.61 Å². The Morgan fingerprint density at radius 3 is 3.17 bits per heavy atom. The molecule has 18 heavy (non-hydrogen) atoms. The Labute approximate surface area is 107 Å². The number of aromatic nitrogens is 4. The van der Waals surface area contributed by atoms with E-state index in [9.17, 15) is 0 Å². The van der Waals surface area contributed by atoms with Crippen LogP contribution in [0.2, 0.25) is 0 Å². The number of rotatable bonds is 4. The molecule has 3 aromatic rings. The highest BCUT2D eigenvalue weighted by Crippen LogP contribution is 2.22. The van der Waals surface area contributed by atoms with Gasteiger partial charge in [0.05, 0.1) is 6.33 Å². The third-order valence-electron chi connectivity index (χ3n) is 2.41. The minimum absolute atomic E-state index is 0.492. The first-order valence-electron chi connectivity index (χ1n) is 5.41. The van der Waals surface area contributed by atoms with E-state index < -0.39 is 0 Å². The van der Waals surface area contributed by atoms with Crippen LogP contribution in [0, 0.1) is 0 Å². The van der Waals surface area contributed by atoms with E-state index in [1.807, 2.05) is 17.5 Å². The molecule has 3 aromatic heterocycles. The van der Waals surface area contributed by atoms with Crippen LogP contribution >= 0.6 is 11.3 Å². The van der Waals surface area contributed by atoms with Crippen molar-refractivity contribution in [2.75, 3.05) is 12.4 Å². The second kappa shape index (κ2) is 4.61. The summed E-state index contributed by atoms with van der Waals surface area (Å²) in [6.45, 7) is 0.492. The molecule has 0 aliphatic rings. The lowest BCUT2D eigenvalue weighted by Gasteiger charge is -2.06. The summed E-state index contributed by atoms with van der Waals surface area (Å²) in [5, 5.41) is 4.91. The van der Waals surface area contributed by atoms with Crippen molar-refractivity contribution in [3.05, 3.63) is 28.7 Å². The molecular formula is C11H11N5OS. The van der Waals surface area contributed by atoms with E-state index in [4.69, 9.17) is 4.74 Å². The standard InChI is InChI=1S/C11H11N5OS/c1-12-11-15-9-8(13-6-14-9)10(16-11)17-5-7-3-2-4-18-7/h2-4,6H,5H2,1H3,(H2,12,13,14,15,16). The summed E-state index contributed by atoms with van der Waals surface area (Å²) in [6.07, 6.45) is 1.58. The van der Waals surface area contributed by atoms with E-state index in [1.54, 1.807) is 24.7 Å². The van der Waals surface area contributed by atoms with Gasteiger partial charge in [-0.3, -0.25) is 0 Å². The quantitative estimate of drug-likeness (QED) is 0.751. The smallest absolute Gasteiger partial charge is 0.245 e. The number of fused-ring (bicyclic) bond motifs is 1. The van der Waals surface area contributed by atoms with Gasteiger partial charge < -0.3 is 15.0 Å². The highest BCUT2D eigenvalue weighted by Gasteiger charge is 2.10. The van der Waals surface area contributed by atoms with E-state index in [0.29, 0.717) is 29.6 Å². The molecule has 0 amide bonds. The molecule has 0 aromatic carbocycles. The maximum atomic E-state index is 5.71. The number of thiophene rings is 1. The molecule has 0 spiro atoms. The summed E-state index contributed by atoms with van der Waals surface area (Å²) in [5.74, 6) is 1.01. The first-order valence-corrected chi connectivity index (χ1v) is 6.29. The predicted molar refractivity (Wildman–Crippen MR) is 69.9 cm³/mol. The van der Waals surface area contributed by atoms with Crippen LogP contribution in [0.5, 0.6) is 5.88 Å². The fourth-order valence-electron chi connectivity index (χ4n) is 1.56. The van der Waals surface area contributed by atoms with Crippen molar-refractivity contribution >= 4 is 28.4 Å². The SMILES string of the molecule is CNc1nc(OCc2cccs2)c2[nH]cnc2n1. The Morgan fingerprint density at radius 2 is 2.39 bits per heavy atom. The molecular weight excluding hydrogens is 250 g/mol. The molecule has 0 saturated carbocycles. The molecule has 3 rings (SSSR count). The average Bonchev–Trinajstić information content (AvgIpc) is 3.06. The molecule has 7 heteroatoms. The number of nitrogens with one attached hydrogen (secondary N) is 2. The third kappa shape index (κ3) is 2.00. The minimum Gasteiger partial charge on any atom is -0.470 e. The Morgan fingerprint density at radius 1 is 1.44 bits per heavy atom. The van der Waals surface area contributed by atoms with Crippen LogP contribution in [0.25, 0.3) is 11.2 Å². The first-order chi connectivity index (χ1) is 8.86. The molecule has 2 N–H and O–H groups in total. The van der Waals surface area contributed by atoms with E-state index in [2.05, 4.69) is 25.3 Å². The number of nitrogens with zero attached hydrogens (tertiary/aromatic N) is 3. The maximum absolute atomic E-state index is 5.71. The summed E-state index contributed by atoms with van der Waals surface area (Å²) < 4.78 is 5.71. The van der Waals surface area contributed by atoms with Gasteiger partial charge in [-0.25, -0.2) is 4.98 Å². The van der Waals surface area contributed by atoms with Gasteiger partial charge >= 0.3 is 0 Å². The topological polar surface area (TPSA) is 75.7 Å². The van der Waals surface area contributed by atoms with Crippen molar-refractivity contribution in [2.45, 2.75) is 6.61 Å². The number of hydrogen-bond acceptors (Lipinski definition) is 6. The van der Waals surface area contributed by atoms with Gasteiger partial charge in [-0.1, -0.05) is 6.07 Å². The van der Waals surface area contributed by atoms with Gasteiger partial charge in [0.1, 0.15) is 12.1 Å². The predicted octanol–water partition coefficient (Wildman–Crippen LogP) is 2.04. The van der Waals surface area contributed by atoms with E-state index in [1.165, 1.54) is 0 Å².